The van der Waals surface area contributed by atoms with Crippen LogP contribution < -0.4 is 5.73 Å². The summed E-state index contributed by atoms with van der Waals surface area (Å²) >= 11 is 7.47. The van der Waals surface area contributed by atoms with Crippen LogP contribution in [0.2, 0.25) is 5.02 Å². The first kappa shape index (κ1) is 21.2. The largest absolute Gasteiger partial charge is 0.337 e. The van der Waals surface area contributed by atoms with Gasteiger partial charge in [0.05, 0.1) is 0 Å². The molecule has 0 spiro atoms. The van der Waals surface area contributed by atoms with Crippen LogP contribution in [0.5, 0.6) is 0 Å². The molecule has 2 aromatic rings. The van der Waals surface area contributed by atoms with E-state index in [2.05, 4.69) is 11.9 Å². The minimum absolute atomic E-state index is 0. The fourth-order valence-corrected chi connectivity index (χ4v) is 3.63. The zero-order valence-electron chi connectivity index (χ0n) is 13.2. The zero-order valence-corrected chi connectivity index (χ0v) is 16.4. The maximum atomic E-state index is 12.6. The third-order valence-electron chi connectivity index (χ3n) is 4.13. The van der Waals surface area contributed by atoms with Crippen LogP contribution in [0.1, 0.15) is 23.8 Å². The predicted octanol–water partition coefficient (Wildman–Crippen LogP) is 4.12. The van der Waals surface area contributed by atoms with Crippen LogP contribution in [0.15, 0.2) is 29.6 Å². The van der Waals surface area contributed by atoms with Gasteiger partial charge in [-0.15, -0.1) is 36.2 Å². The van der Waals surface area contributed by atoms with Crippen molar-refractivity contribution in [3.8, 4) is 10.6 Å². The molecule has 1 aliphatic rings. The van der Waals surface area contributed by atoms with Gasteiger partial charge in [-0.2, -0.15) is 0 Å². The second-order valence-electron chi connectivity index (χ2n) is 6.04. The number of aromatic nitrogens is 1. The van der Waals surface area contributed by atoms with E-state index in [4.69, 9.17) is 17.3 Å². The molecule has 1 aliphatic heterocycles. The van der Waals surface area contributed by atoms with Gasteiger partial charge in [0, 0.05) is 29.1 Å². The van der Waals surface area contributed by atoms with Crippen molar-refractivity contribution in [3.63, 3.8) is 0 Å². The average Bonchev–Trinajstić information content (AvgIpc) is 3.14. The number of amides is 1. The number of carbonyl (C=O) groups excluding carboxylic acids is 1. The standard InChI is InChI=1S/C16H18ClN3OS.2ClH/c1-16(9-18)5-6-20(10-16)15(21)13-8-22-14(19-13)11-3-2-4-12(17)7-11;;/h2-4,7-8H,5-6,9-10,18H2,1H3;2*1H. The molecule has 4 nitrogen and oxygen atoms in total. The number of carbonyl (C=O) groups is 1. The molecule has 1 aromatic carbocycles. The highest BCUT2D eigenvalue weighted by Crippen LogP contribution is 2.31. The summed E-state index contributed by atoms with van der Waals surface area (Å²) in [7, 11) is 0. The van der Waals surface area contributed by atoms with Gasteiger partial charge in [0.25, 0.3) is 5.91 Å². The van der Waals surface area contributed by atoms with Crippen molar-refractivity contribution in [2.24, 2.45) is 11.1 Å². The molecule has 1 fully saturated rings. The Morgan fingerprint density at radius 3 is 2.83 bits per heavy atom. The molecule has 1 aromatic heterocycles. The maximum Gasteiger partial charge on any atom is 0.273 e. The van der Waals surface area contributed by atoms with Crippen LogP contribution in [0.25, 0.3) is 10.6 Å². The number of hydrogen-bond acceptors (Lipinski definition) is 4. The van der Waals surface area contributed by atoms with E-state index in [1.807, 2.05) is 34.5 Å². The van der Waals surface area contributed by atoms with Gasteiger partial charge < -0.3 is 10.6 Å². The normalized spacial score (nSPS) is 19.5. The van der Waals surface area contributed by atoms with E-state index in [0.29, 0.717) is 23.8 Å². The smallest absolute Gasteiger partial charge is 0.273 e. The van der Waals surface area contributed by atoms with Crippen molar-refractivity contribution in [3.05, 3.63) is 40.4 Å². The summed E-state index contributed by atoms with van der Waals surface area (Å²) < 4.78 is 0. The summed E-state index contributed by atoms with van der Waals surface area (Å²) in [6.07, 6.45) is 0.945. The van der Waals surface area contributed by atoms with E-state index in [0.717, 1.165) is 23.5 Å². The summed E-state index contributed by atoms with van der Waals surface area (Å²) in [5.74, 6) is -0.0123. The Kier molecular flexibility index (Phi) is 7.50. The van der Waals surface area contributed by atoms with Gasteiger partial charge >= 0.3 is 0 Å². The minimum Gasteiger partial charge on any atom is -0.337 e. The molecule has 1 atom stereocenters. The summed E-state index contributed by atoms with van der Waals surface area (Å²) in [6, 6.07) is 7.51. The lowest BCUT2D eigenvalue weighted by Gasteiger charge is -2.22. The van der Waals surface area contributed by atoms with Gasteiger partial charge in [0.2, 0.25) is 0 Å². The van der Waals surface area contributed by atoms with Crippen LogP contribution in [-0.2, 0) is 0 Å². The molecular formula is C16H20Cl3N3OS. The fourth-order valence-electron chi connectivity index (χ4n) is 2.65. The van der Waals surface area contributed by atoms with E-state index >= 15 is 0 Å². The first-order valence-corrected chi connectivity index (χ1v) is 8.47. The van der Waals surface area contributed by atoms with Crippen LogP contribution in [0, 0.1) is 5.41 Å². The first-order chi connectivity index (χ1) is 10.5. The molecule has 1 saturated heterocycles. The molecule has 8 heteroatoms. The quantitative estimate of drug-likeness (QED) is 0.831. The monoisotopic (exact) mass is 407 g/mol. The third kappa shape index (κ3) is 4.41. The highest BCUT2D eigenvalue weighted by Gasteiger charge is 2.35. The second kappa shape index (κ2) is 8.50. The van der Waals surface area contributed by atoms with Gasteiger partial charge in [-0.3, -0.25) is 4.79 Å². The van der Waals surface area contributed by atoms with E-state index in [-0.39, 0.29) is 36.1 Å². The molecule has 24 heavy (non-hydrogen) atoms. The van der Waals surface area contributed by atoms with Crippen molar-refractivity contribution >= 4 is 53.7 Å². The number of nitrogens with zero attached hydrogens (tertiary/aromatic N) is 2. The molecular weight excluding hydrogens is 389 g/mol. The molecule has 0 saturated carbocycles. The Balaban J connectivity index is 0.00000144. The molecule has 1 unspecified atom stereocenters. The van der Waals surface area contributed by atoms with Gasteiger partial charge in [0.15, 0.2) is 0 Å². The summed E-state index contributed by atoms with van der Waals surface area (Å²) in [4.78, 5) is 18.9. The molecule has 3 rings (SSSR count). The lowest BCUT2D eigenvalue weighted by molar-refractivity contribution is 0.0772. The molecule has 2 N–H and O–H groups in total. The number of nitrogens with two attached hydrogens (primary N) is 1. The van der Waals surface area contributed by atoms with Gasteiger partial charge in [-0.1, -0.05) is 30.7 Å². The van der Waals surface area contributed by atoms with Gasteiger partial charge in [0.1, 0.15) is 10.7 Å². The Hall–Kier alpha value is -0.850. The Morgan fingerprint density at radius 2 is 2.21 bits per heavy atom. The van der Waals surface area contributed by atoms with Crippen LogP contribution in [0.4, 0.5) is 0 Å². The molecule has 132 valence electrons. The van der Waals surface area contributed by atoms with Crippen molar-refractivity contribution < 1.29 is 4.79 Å². The number of thiazole rings is 1. The highest BCUT2D eigenvalue weighted by molar-refractivity contribution is 7.13. The van der Waals surface area contributed by atoms with E-state index in [1.54, 1.807) is 0 Å². The SMILES string of the molecule is CC1(CN)CCN(C(=O)c2csc(-c3cccc(Cl)c3)n2)C1.Cl.Cl. The van der Waals surface area contributed by atoms with Crippen molar-refractivity contribution in [1.82, 2.24) is 9.88 Å². The van der Waals surface area contributed by atoms with E-state index < -0.39 is 0 Å². The lowest BCUT2D eigenvalue weighted by Crippen LogP contribution is -2.34. The number of likely N-dealkylation sites (tertiary alicyclic amines) is 1. The van der Waals surface area contributed by atoms with Crippen molar-refractivity contribution in [2.45, 2.75) is 13.3 Å². The molecule has 0 radical (unpaired) electrons. The summed E-state index contributed by atoms with van der Waals surface area (Å²) in [5, 5.41) is 3.29. The van der Waals surface area contributed by atoms with Crippen LogP contribution in [-0.4, -0.2) is 35.4 Å². The number of rotatable bonds is 3. The first-order valence-electron chi connectivity index (χ1n) is 7.22. The zero-order chi connectivity index (χ0) is 15.7. The van der Waals surface area contributed by atoms with Gasteiger partial charge in [-0.05, 0) is 30.5 Å². The maximum absolute atomic E-state index is 12.6. The lowest BCUT2D eigenvalue weighted by atomic mass is 9.90. The van der Waals surface area contributed by atoms with E-state index in [1.165, 1.54) is 11.3 Å². The molecule has 0 bridgehead atoms. The topological polar surface area (TPSA) is 59.2 Å². The molecule has 0 aliphatic carbocycles. The Morgan fingerprint density at radius 1 is 1.46 bits per heavy atom. The molecule has 2 heterocycles. The minimum atomic E-state index is -0.0123. The summed E-state index contributed by atoms with van der Waals surface area (Å²) in [5.41, 5.74) is 7.26. The van der Waals surface area contributed by atoms with E-state index in [9.17, 15) is 4.79 Å². The predicted molar refractivity (Wildman–Crippen MR) is 105 cm³/mol. The fraction of sp³-hybridized carbons (Fsp3) is 0.375. The molecule has 1 amide bonds. The number of halogens is 3. The highest BCUT2D eigenvalue weighted by atomic mass is 35.5. The third-order valence-corrected chi connectivity index (χ3v) is 5.26. The van der Waals surface area contributed by atoms with Crippen molar-refractivity contribution in [2.75, 3.05) is 19.6 Å². The number of hydrogen-bond donors (Lipinski definition) is 1. The Labute approximate surface area is 163 Å². The van der Waals surface area contributed by atoms with Crippen LogP contribution in [0.3, 0.4) is 0 Å². The van der Waals surface area contributed by atoms with Crippen molar-refractivity contribution in [1.29, 1.82) is 0 Å². The number of benzene rings is 1. The average molecular weight is 409 g/mol. The Bertz CT molecular complexity index is 709. The van der Waals surface area contributed by atoms with Crippen LogP contribution >= 0.6 is 47.8 Å². The second-order valence-corrected chi connectivity index (χ2v) is 7.33. The summed E-state index contributed by atoms with van der Waals surface area (Å²) in [6.45, 7) is 4.17. The van der Waals surface area contributed by atoms with Gasteiger partial charge in [-0.25, -0.2) is 4.98 Å².